The summed E-state index contributed by atoms with van der Waals surface area (Å²) in [5.41, 5.74) is 18.3. The normalized spacial score (nSPS) is 13.5. The molecule has 0 bridgehead atoms. The molecular weight excluding hydrogens is 1700 g/mol. The molecule has 35 nitrogen and oxygen atoms in total. The quantitative estimate of drug-likeness (QED) is 0.0227. The molecule has 7 aliphatic rings. The summed E-state index contributed by atoms with van der Waals surface area (Å²) in [6.45, 7) is 3.93. The Labute approximate surface area is 755 Å². The second-order valence-corrected chi connectivity index (χ2v) is 32.4. The van der Waals surface area contributed by atoms with E-state index in [0.717, 1.165) is 161 Å². The molecule has 0 saturated heterocycles. The minimum Gasteiger partial charge on any atom is -0.388 e. The van der Waals surface area contributed by atoms with E-state index in [1.165, 1.54) is 61.5 Å². The SMILES string of the molecule is OB(O)O[n+]1cccc2c1-n1cc(-c3ccccc3)c[n+]1C2.OB(O)O[n+]1cccc2c1-n1ccc[n+]1C2.OB(O)O[n+]1cccc2c1N1C=CN(c3ccccc3)C1C2.OOB(O)[n+]1cccc2c3ccc[n+]4c3c3c(cccc3c21)C4.OOB(O)[n+]1cccc2c3cccc4c3c3n(c(-c5ccccc5)c[n+]3c21)C4.OOB(O)[n+]1cccc2c3cccc4c3c3n(cc[n+]3C4)c21. The number of benzene rings is 7. The van der Waals surface area contributed by atoms with Gasteiger partial charge in [0.25, 0.3) is 11.3 Å². The van der Waals surface area contributed by atoms with Crippen LogP contribution < -0.4 is 74.6 Å². The molecule has 0 aliphatic carbocycles. The van der Waals surface area contributed by atoms with Crippen LogP contribution in [-0.4, -0.2) is 129 Å². The first-order chi connectivity index (χ1) is 65.1. The lowest BCUT2D eigenvalue weighted by Crippen LogP contribution is -2.56. The van der Waals surface area contributed by atoms with Crippen molar-refractivity contribution in [2.45, 2.75) is 45.3 Å². The second-order valence-electron chi connectivity index (χ2n) is 32.4. The van der Waals surface area contributed by atoms with Crippen molar-refractivity contribution < 1.29 is 140 Å². The van der Waals surface area contributed by atoms with Gasteiger partial charge in [-0.25, -0.2) is 23.2 Å². The predicted molar refractivity (Wildman–Crippen MR) is 480 cm³/mol. The molecule has 0 radical (unpaired) electrons. The molecule has 0 fully saturated rings. The zero-order valence-corrected chi connectivity index (χ0v) is 70.5. The van der Waals surface area contributed by atoms with Gasteiger partial charge in [0.15, 0.2) is 37.5 Å². The molecule has 648 valence electrons. The molecule has 7 aliphatic heterocycles. The summed E-state index contributed by atoms with van der Waals surface area (Å²) in [7, 11) is -9.95. The van der Waals surface area contributed by atoms with E-state index < -0.39 is 43.7 Å². The number of imidazole rings is 2. The molecule has 12 N–H and O–H groups in total. The number of aromatic nitrogens is 15. The highest BCUT2D eigenvalue weighted by Crippen LogP contribution is 2.41. The molecule has 13 aromatic heterocycles. The van der Waals surface area contributed by atoms with Crippen molar-refractivity contribution in [2.24, 2.45) is 0 Å². The Bertz CT molecular complexity index is 8060. The van der Waals surface area contributed by atoms with E-state index in [2.05, 4.69) is 151 Å². The first kappa shape index (κ1) is 83.4. The van der Waals surface area contributed by atoms with Crippen LogP contribution in [-0.2, 0) is 53.6 Å². The average Bonchev–Trinajstić information content (AvgIpc) is 1.55. The van der Waals surface area contributed by atoms with Crippen molar-refractivity contribution in [2.75, 3.05) is 9.80 Å². The first-order valence-electron chi connectivity index (χ1n) is 42.6. The number of para-hydroxylation sites is 1. The molecule has 133 heavy (non-hydrogen) atoms. The van der Waals surface area contributed by atoms with Crippen molar-refractivity contribution in [3.63, 3.8) is 0 Å². The molecule has 0 amide bonds. The molecule has 20 aromatic rings. The van der Waals surface area contributed by atoms with Crippen LogP contribution in [0.3, 0.4) is 0 Å². The maximum atomic E-state index is 10.2. The lowest BCUT2D eigenvalue weighted by Gasteiger charge is -2.22. The third-order valence-corrected chi connectivity index (χ3v) is 25.0. The van der Waals surface area contributed by atoms with Crippen LogP contribution in [0.1, 0.15) is 33.4 Å². The van der Waals surface area contributed by atoms with Gasteiger partial charge >= 0.3 is 72.5 Å². The number of rotatable bonds is 15. The summed E-state index contributed by atoms with van der Waals surface area (Å²) in [6, 6.07) is 78.4. The Balaban J connectivity index is 0.0000000936. The van der Waals surface area contributed by atoms with E-state index in [1.54, 1.807) is 47.7 Å². The fourth-order valence-electron chi connectivity index (χ4n) is 19.8. The molecule has 7 aromatic carbocycles. The zero-order valence-electron chi connectivity index (χ0n) is 70.5. The maximum Gasteiger partial charge on any atom is 0.880 e. The molecule has 20 heterocycles. The summed E-state index contributed by atoms with van der Waals surface area (Å²) in [5.74, 6) is 2.36. The van der Waals surface area contributed by atoms with Gasteiger partial charge in [-0.2, -0.15) is 23.1 Å². The summed E-state index contributed by atoms with van der Waals surface area (Å²) in [6.07, 6.45) is 31.1. The van der Waals surface area contributed by atoms with Gasteiger partial charge in [0.2, 0.25) is 42.7 Å². The Morgan fingerprint density at radius 2 is 0.850 bits per heavy atom. The fraction of sp³-hybridized carbons (Fsp3) is 0.0761. The first-order valence-corrected chi connectivity index (χ1v) is 42.6. The van der Waals surface area contributed by atoms with Crippen LogP contribution in [0.25, 0.3) is 122 Å². The van der Waals surface area contributed by atoms with Crippen molar-refractivity contribution in [3.8, 4) is 34.0 Å². The van der Waals surface area contributed by atoms with Gasteiger partial charge in [-0.3, -0.25) is 20.3 Å². The van der Waals surface area contributed by atoms with Crippen molar-refractivity contribution in [1.29, 1.82) is 0 Å². The molecule has 27 rings (SSSR count). The number of pyridine rings is 9. The lowest BCUT2D eigenvalue weighted by molar-refractivity contribution is -0.868. The van der Waals surface area contributed by atoms with E-state index in [0.29, 0.717) is 6.54 Å². The molecule has 1 unspecified atom stereocenters. The Hall–Kier alpha value is -15.3. The van der Waals surface area contributed by atoms with E-state index in [1.807, 2.05) is 207 Å². The number of hydrogen-bond donors (Lipinski definition) is 12. The molecule has 0 spiro atoms. The smallest absolute Gasteiger partial charge is 0.388 e. The van der Waals surface area contributed by atoms with E-state index in [-0.39, 0.29) is 6.17 Å². The monoisotopic (exact) mass is 1780 g/mol. The zero-order chi connectivity index (χ0) is 90.6. The van der Waals surface area contributed by atoms with Crippen LogP contribution >= 0.6 is 0 Å². The van der Waals surface area contributed by atoms with Gasteiger partial charge in [-0.1, -0.05) is 146 Å². The second kappa shape index (κ2) is 34.2. The van der Waals surface area contributed by atoms with Gasteiger partial charge in [-0.05, 0) is 105 Å². The summed E-state index contributed by atoms with van der Waals surface area (Å²) in [5, 5.41) is 122. The van der Waals surface area contributed by atoms with E-state index in [4.69, 9.17) is 60.2 Å². The number of anilines is 2. The van der Waals surface area contributed by atoms with Crippen LogP contribution in [0.15, 0.2) is 336 Å². The van der Waals surface area contributed by atoms with Crippen LogP contribution in [0.5, 0.6) is 0 Å². The summed E-state index contributed by atoms with van der Waals surface area (Å²) in [4.78, 5) is 16.8. The van der Waals surface area contributed by atoms with Crippen molar-refractivity contribution >= 4 is 143 Å². The van der Waals surface area contributed by atoms with Crippen molar-refractivity contribution in [3.05, 3.63) is 369 Å². The van der Waals surface area contributed by atoms with Gasteiger partial charge in [0.05, 0.1) is 67.6 Å². The maximum absolute atomic E-state index is 10.2. The Kier molecular flexibility index (Phi) is 21.5. The largest absolute Gasteiger partial charge is 0.880 e. The van der Waals surface area contributed by atoms with Gasteiger partial charge < -0.3 is 64.4 Å². The lowest BCUT2D eigenvalue weighted by atomic mass is 9.96. The number of fused-ring (bicyclic) bond motifs is 18. The van der Waals surface area contributed by atoms with Crippen LogP contribution in [0, 0.1) is 0 Å². The van der Waals surface area contributed by atoms with Gasteiger partial charge in [0, 0.05) is 73.3 Å². The number of hydrogen-bond acceptors (Lipinski definition) is 20. The fourth-order valence-corrected chi connectivity index (χ4v) is 19.8. The van der Waals surface area contributed by atoms with Gasteiger partial charge in [0.1, 0.15) is 72.1 Å². The minimum atomic E-state index is -1.87. The Morgan fingerprint density at radius 1 is 0.338 bits per heavy atom. The molecule has 41 heteroatoms. The summed E-state index contributed by atoms with van der Waals surface area (Å²) >= 11 is 0. The predicted octanol–water partition coefficient (Wildman–Crippen LogP) is 1.40. The van der Waals surface area contributed by atoms with Gasteiger partial charge in [-0.15, -0.1) is 0 Å². The third kappa shape index (κ3) is 14.4. The van der Waals surface area contributed by atoms with E-state index in [9.17, 15) is 15.1 Å². The number of nitrogens with zero attached hydrogens (tertiary/aromatic N) is 17. The standard InChI is InChI=1S/C21H15BN3O3.C17H12BN2O3.C15H11BN3O3.C15H15BN3O3.C15H14BN3O3.C9H10BN3O3/c26-22(28-27)25-11-5-10-17-16-9-4-8-15-12-23-18(14-6-2-1-3-7-14)13-24(20(17)25)21(23)19(15)16;21-18(23-22)20-9-3-7-12-13-6-2-8-19-10-11-4-1-5-14(16(12)20)15(11)17(13)19;20-16(22-21)19-6-2-5-12-11-4-1-3-10-9-17-7-8-18(14(12)19)15(17)13(10)11;20-16(21)22-19-8-4-5-12-11-14-17(9-10-18(14)15(12)19)13-6-2-1-3-7-13;20-16(21)22-19-8-4-7-13-9-17-10-14(11-18(17)15(13)19)12-5-2-1-3-6-12;14-10(15)16-13-6-1-3-8-7-11-4-2-5-12(11)9(8)13/h1-11,13,26H,12H2;1-9,21H,10H2;1-8,20H,9H2;1-10,14,20-21H,11H2;1-8,10-11,20-21H,9H2;1-6,14-15H,7H2/q4*+1;2*+2/p+3. The minimum absolute atomic E-state index is 0.130. The topological polar surface area (TPSA) is 367 Å². The highest BCUT2D eigenvalue weighted by atomic mass is 17.1. The van der Waals surface area contributed by atoms with Crippen LogP contribution in [0.4, 0.5) is 11.5 Å². The third-order valence-electron chi connectivity index (χ3n) is 25.0. The highest BCUT2D eigenvalue weighted by Gasteiger charge is 2.48. The highest BCUT2D eigenvalue weighted by molar-refractivity contribution is 6.35. The molecular formula is C92H80B6N17O18+11. The average molecular weight is 1780 g/mol. The molecule has 1 atom stereocenters. The molecule has 0 saturated carbocycles. The summed E-state index contributed by atoms with van der Waals surface area (Å²) < 4.78 is 42.4. The van der Waals surface area contributed by atoms with E-state index >= 15 is 0 Å². The van der Waals surface area contributed by atoms with Crippen LogP contribution in [0.2, 0.25) is 0 Å². The van der Waals surface area contributed by atoms with Crippen molar-refractivity contribution in [1.82, 2.24) is 18.3 Å². The Morgan fingerprint density at radius 3 is 1.53 bits per heavy atom.